The number of hydrogen-bond acceptors (Lipinski definition) is 4. The molecule has 1 aliphatic heterocycles. The first kappa shape index (κ1) is 11.2. The fourth-order valence-corrected chi connectivity index (χ4v) is 4.04. The maximum atomic E-state index is 12.5. The summed E-state index contributed by atoms with van der Waals surface area (Å²) in [6.07, 6.45) is 6.94. The number of carbonyl (C=O) groups is 1. The maximum Gasteiger partial charge on any atom is 0.265 e. The normalized spacial score (nSPS) is 25.2. The van der Waals surface area contributed by atoms with E-state index in [9.17, 15) is 4.79 Å². The van der Waals surface area contributed by atoms with E-state index in [1.807, 2.05) is 17.0 Å². The molecule has 2 atom stereocenters. The first-order chi connectivity index (χ1) is 9.31. The number of rotatable bonds is 2. The smallest absolute Gasteiger partial charge is 0.265 e. The van der Waals surface area contributed by atoms with Crippen LogP contribution in [0.25, 0.3) is 10.8 Å². The van der Waals surface area contributed by atoms with Crippen LogP contribution in [0.3, 0.4) is 0 Å². The Morgan fingerprint density at radius 3 is 3.11 bits per heavy atom. The number of nitrogens with zero attached hydrogens (tertiary/aromatic N) is 2. The van der Waals surface area contributed by atoms with Gasteiger partial charge in [0.25, 0.3) is 5.91 Å². The van der Waals surface area contributed by atoms with Gasteiger partial charge in [0.2, 0.25) is 0 Å². The van der Waals surface area contributed by atoms with Crippen molar-refractivity contribution in [1.29, 1.82) is 0 Å². The van der Waals surface area contributed by atoms with Crippen LogP contribution in [0.1, 0.15) is 28.9 Å². The molecule has 0 radical (unpaired) electrons. The van der Waals surface area contributed by atoms with Crippen molar-refractivity contribution in [3.8, 4) is 10.8 Å². The summed E-state index contributed by atoms with van der Waals surface area (Å²) in [4.78, 5) is 19.5. The number of furan rings is 1. The predicted octanol–water partition coefficient (Wildman–Crippen LogP) is 3.03. The van der Waals surface area contributed by atoms with Gasteiger partial charge in [-0.1, -0.05) is 0 Å². The highest BCUT2D eigenvalue weighted by Gasteiger charge is 2.40. The summed E-state index contributed by atoms with van der Waals surface area (Å²) in [6, 6.07) is 4.16. The number of aromatic nitrogens is 1. The van der Waals surface area contributed by atoms with Crippen LogP contribution in [0.5, 0.6) is 0 Å². The number of hydrogen-bond donors (Lipinski definition) is 0. The van der Waals surface area contributed by atoms with Gasteiger partial charge in [0, 0.05) is 12.6 Å². The molecule has 2 aromatic heterocycles. The highest BCUT2D eigenvalue weighted by atomic mass is 32.1. The van der Waals surface area contributed by atoms with Gasteiger partial charge in [0.15, 0.2) is 10.8 Å². The average molecular weight is 274 g/mol. The third kappa shape index (κ3) is 1.80. The zero-order valence-corrected chi connectivity index (χ0v) is 11.2. The van der Waals surface area contributed by atoms with E-state index in [0.29, 0.717) is 6.04 Å². The van der Waals surface area contributed by atoms with Crippen LogP contribution in [0, 0.1) is 5.92 Å². The van der Waals surface area contributed by atoms with Crippen LogP contribution in [-0.2, 0) is 0 Å². The fourth-order valence-electron chi connectivity index (χ4n) is 3.20. The molecule has 2 aromatic rings. The van der Waals surface area contributed by atoms with E-state index in [0.717, 1.165) is 28.1 Å². The molecule has 3 heterocycles. The van der Waals surface area contributed by atoms with Gasteiger partial charge >= 0.3 is 0 Å². The van der Waals surface area contributed by atoms with Gasteiger partial charge in [-0.25, -0.2) is 4.98 Å². The SMILES string of the molecule is O=C(c1cnc(-c2ccco2)s1)N1CC2CCC1C2. The lowest BCUT2D eigenvalue weighted by Gasteiger charge is -2.26. The fraction of sp³-hybridized carbons (Fsp3) is 0.429. The van der Waals surface area contributed by atoms with Crippen LogP contribution in [0.4, 0.5) is 0 Å². The summed E-state index contributed by atoms with van der Waals surface area (Å²) >= 11 is 1.42. The van der Waals surface area contributed by atoms with Gasteiger partial charge in [-0.3, -0.25) is 4.79 Å². The lowest BCUT2D eigenvalue weighted by molar-refractivity contribution is 0.0708. The van der Waals surface area contributed by atoms with Crippen molar-refractivity contribution in [2.24, 2.45) is 5.92 Å². The summed E-state index contributed by atoms with van der Waals surface area (Å²) in [7, 11) is 0. The first-order valence-electron chi connectivity index (χ1n) is 6.62. The van der Waals surface area contributed by atoms with Crippen molar-refractivity contribution in [1.82, 2.24) is 9.88 Å². The Labute approximate surface area is 115 Å². The van der Waals surface area contributed by atoms with E-state index in [4.69, 9.17) is 4.42 Å². The number of amides is 1. The van der Waals surface area contributed by atoms with E-state index in [1.54, 1.807) is 12.5 Å². The van der Waals surface area contributed by atoms with Crippen molar-refractivity contribution in [3.63, 3.8) is 0 Å². The lowest BCUT2D eigenvalue weighted by atomic mass is 10.1. The van der Waals surface area contributed by atoms with Crippen LogP contribution < -0.4 is 0 Å². The van der Waals surface area contributed by atoms with Gasteiger partial charge < -0.3 is 9.32 Å². The Balaban J connectivity index is 1.58. The van der Waals surface area contributed by atoms with Gasteiger partial charge in [-0.15, -0.1) is 11.3 Å². The topological polar surface area (TPSA) is 46.3 Å². The molecule has 2 fully saturated rings. The summed E-state index contributed by atoms with van der Waals surface area (Å²) in [5.74, 6) is 1.60. The summed E-state index contributed by atoms with van der Waals surface area (Å²) in [5, 5.41) is 0.776. The van der Waals surface area contributed by atoms with Crippen molar-refractivity contribution < 1.29 is 9.21 Å². The molecular weight excluding hydrogens is 260 g/mol. The Bertz CT molecular complexity index is 605. The van der Waals surface area contributed by atoms with Crippen molar-refractivity contribution in [2.75, 3.05) is 6.54 Å². The molecule has 5 heteroatoms. The van der Waals surface area contributed by atoms with Gasteiger partial charge in [0.1, 0.15) is 4.88 Å². The van der Waals surface area contributed by atoms with Crippen molar-refractivity contribution >= 4 is 17.2 Å². The second kappa shape index (κ2) is 4.20. The summed E-state index contributed by atoms with van der Waals surface area (Å²) in [5.41, 5.74) is 0. The van der Waals surface area contributed by atoms with Crippen molar-refractivity contribution in [3.05, 3.63) is 29.5 Å². The zero-order valence-electron chi connectivity index (χ0n) is 10.4. The number of likely N-dealkylation sites (tertiary alicyclic amines) is 1. The van der Waals surface area contributed by atoms with E-state index < -0.39 is 0 Å². The van der Waals surface area contributed by atoms with Crippen molar-refractivity contribution in [2.45, 2.75) is 25.3 Å². The molecule has 2 bridgehead atoms. The molecule has 0 aromatic carbocycles. The van der Waals surface area contributed by atoms with E-state index >= 15 is 0 Å². The molecule has 0 N–H and O–H groups in total. The number of carbonyl (C=O) groups excluding carboxylic acids is 1. The molecule has 2 unspecified atom stereocenters. The Morgan fingerprint density at radius 2 is 2.42 bits per heavy atom. The molecule has 1 saturated heterocycles. The molecule has 4 rings (SSSR count). The lowest BCUT2D eigenvalue weighted by Crippen LogP contribution is -2.37. The maximum absolute atomic E-state index is 12.5. The molecular formula is C14H14N2O2S. The molecule has 19 heavy (non-hydrogen) atoms. The average Bonchev–Trinajstić information content (AvgIpc) is 3.18. The minimum atomic E-state index is 0.141. The number of fused-ring (bicyclic) bond motifs is 2. The zero-order chi connectivity index (χ0) is 12.8. The highest BCUT2D eigenvalue weighted by Crippen LogP contribution is 2.38. The minimum Gasteiger partial charge on any atom is -0.462 e. The largest absolute Gasteiger partial charge is 0.462 e. The second-order valence-corrected chi connectivity index (χ2v) is 6.33. The van der Waals surface area contributed by atoms with Crippen LogP contribution in [-0.4, -0.2) is 28.4 Å². The molecule has 1 saturated carbocycles. The number of thiazole rings is 1. The highest BCUT2D eigenvalue weighted by molar-refractivity contribution is 7.16. The Kier molecular flexibility index (Phi) is 2.48. The third-order valence-corrected chi connectivity index (χ3v) is 5.12. The Hall–Kier alpha value is -1.62. The summed E-state index contributed by atoms with van der Waals surface area (Å²) < 4.78 is 5.31. The van der Waals surface area contributed by atoms with Crippen LogP contribution in [0.2, 0.25) is 0 Å². The Morgan fingerprint density at radius 1 is 1.47 bits per heavy atom. The quantitative estimate of drug-likeness (QED) is 0.845. The van der Waals surface area contributed by atoms with E-state index in [2.05, 4.69) is 4.98 Å². The van der Waals surface area contributed by atoms with Gasteiger partial charge in [-0.2, -0.15) is 0 Å². The number of piperidine rings is 1. The molecule has 2 aliphatic rings. The monoisotopic (exact) mass is 274 g/mol. The van der Waals surface area contributed by atoms with Crippen LogP contribution in [0.15, 0.2) is 29.0 Å². The molecule has 4 nitrogen and oxygen atoms in total. The second-order valence-electron chi connectivity index (χ2n) is 5.30. The van der Waals surface area contributed by atoms with E-state index in [1.165, 1.54) is 30.6 Å². The van der Waals surface area contributed by atoms with Crippen LogP contribution >= 0.6 is 11.3 Å². The molecule has 1 aliphatic carbocycles. The third-order valence-electron chi connectivity index (χ3n) is 4.12. The van der Waals surface area contributed by atoms with Gasteiger partial charge in [-0.05, 0) is 37.3 Å². The molecule has 1 amide bonds. The van der Waals surface area contributed by atoms with E-state index in [-0.39, 0.29) is 5.91 Å². The molecule has 98 valence electrons. The standard InChI is InChI=1S/C14H14N2O2S/c17-14(16-8-9-3-4-10(16)6-9)12-7-15-13(19-12)11-2-1-5-18-11/h1-2,5,7,9-10H,3-4,6,8H2. The summed E-state index contributed by atoms with van der Waals surface area (Å²) in [6.45, 7) is 0.928. The molecule has 0 spiro atoms. The minimum absolute atomic E-state index is 0.141. The first-order valence-corrected chi connectivity index (χ1v) is 7.43. The predicted molar refractivity (Wildman–Crippen MR) is 72.0 cm³/mol. The van der Waals surface area contributed by atoms with Gasteiger partial charge in [0.05, 0.1) is 12.5 Å².